The molecule has 2 aliphatic heterocycles. The summed E-state index contributed by atoms with van der Waals surface area (Å²) in [5.74, 6) is 2.01. The van der Waals surface area contributed by atoms with Crippen LogP contribution in [0.2, 0.25) is 0 Å². The predicted molar refractivity (Wildman–Crippen MR) is 64.3 cm³/mol. The average Bonchev–Trinajstić information content (AvgIpc) is 3.05. The van der Waals surface area contributed by atoms with Crippen molar-refractivity contribution in [3.63, 3.8) is 0 Å². The molecule has 5 nitrogen and oxygen atoms in total. The van der Waals surface area contributed by atoms with Gasteiger partial charge in [0.25, 0.3) is 0 Å². The molecule has 0 spiro atoms. The fourth-order valence-electron chi connectivity index (χ4n) is 2.09. The van der Waals surface area contributed by atoms with Gasteiger partial charge in [0.2, 0.25) is 12.7 Å². The molecule has 3 rings (SSSR count). The van der Waals surface area contributed by atoms with Gasteiger partial charge in [-0.3, -0.25) is 0 Å². The number of carbonyl (C=O) groups excluding carboxylic acids is 1. The lowest BCUT2D eigenvalue weighted by Gasteiger charge is -2.07. The molecule has 5 heteroatoms. The van der Waals surface area contributed by atoms with Crippen LogP contribution in [0.3, 0.4) is 0 Å². The molecular weight excluding hydrogens is 234 g/mol. The van der Waals surface area contributed by atoms with E-state index in [1.54, 1.807) is 0 Å². The number of benzene rings is 1. The summed E-state index contributed by atoms with van der Waals surface area (Å²) in [6, 6.07) is 3.42. The average molecular weight is 247 g/mol. The fraction of sp³-hybridized carbons (Fsp3) is 0.385. The van der Waals surface area contributed by atoms with Crippen molar-refractivity contribution in [2.75, 3.05) is 13.4 Å². The van der Waals surface area contributed by atoms with Crippen LogP contribution in [-0.4, -0.2) is 31.6 Å². The zero-order chi connectivity index (χ0) is 12.5. The van der Waals surface area contributed by atoms with Gasteiger partial charge in [-0.15, -0.1) is 0 Å². The molecule has 1 atom stereocenters. The van der Waals surface area contributed by atoms with Gasteiger partial charge in [0.15, 0.2) is 11.5 Å². The van der Waals surface area contributed by atoms with E-state index in [0.717, 1.165) is 29.6 Å². The van der Waals surface area contributed by atoms with E-state index in [-0.39, 0.29) is 6.79 Å². The summed E-state index contributed by atoms with van der Waals surface area (Å²) in [4.78, 5) is 14.9. The third-order valence-electron chi connectivity index (χ3n) is 3.01. The Labute approximate surface area is 104 Å². The first-order valence-corrected chi connectivity index (χ1v) is 5.90. The zero-order valence-electron chi connectivity index (χ0n) is 10.0. The van der Waals surface area contributed by atoms with Crippen molar-refractivity contribution < 1.29 is 19.0 Å². The van der Waals surface area contributed by atoms with Crippen molar-refractivity contribution >= 4 is 12.2 Å². The standard InChI is InChI=1S/C13H13NO4/c1-2-8-3-9(4-11-12(8)18-7-17-11)13-14-10(5-15)6-16-13/h3-5,10H,2,6-7H2,1H3. The molecule has 2 heterocycles. The Morgan fingerprint density at radius 1 is 1.39 bits per heavy atom. The maximum absolute atomic E-state index is 10.7. The number of aryl methyl sites for hydroxylation is 1. The van der Waals surface area contributed by atoms with Gasteiger partial charge in [-0.1, -0.05) is 6.92 Å². The summed E-state index contributed by atoms with van der Waals surface area (Å²) >= 11 is 0. The molecule has 0 bridgehead atoms. The number of fused-ring (bicyclic) bond motifs is 1. The van der Waals surface area contributed by atoms with E-state index in [4.69, 9.17) is 14.2 Å². The molecule has 1 aromatic rings. The Kier molecular flexibility index (Phi) is 2.66. The molecule has 1 unspecified atom stereocenters. The van der Waals surface area contributed by atoms with E-state index < -0.39 is 6.04 Å². The molecule has 0 saturated heterocycles. The molecule has 0 aromatic heterocycles. The van der Waals surface area contributed by atoms with E-state index in [9.17, 15) is 4.79 Å². The summed E-state index contributed by atoms with van der Waals surface area (Å²) in [6.07, 6.45) is 1.63. The normalized spacial score (nSPS) is 20.5. The van der Waals surface area contributed by atoms with Crippen LogP contribution in [0.4, 0.5) is 0 Å². The van der Waals surface area contributed by atoms with Crippen LogP contribution >= 0.6 is 0 Å². The molecule has 2 aliphatic rings. The van der Waals surface area contributed by atoms with Gasteiger partial charge in [0.05, 0.1) is 0 Å². The van der Waals surface area contributed by atoms with Crippen LogP contribution in [-0.2, 0) is 16.0 Å². The van der Waals surface area contributed by atoms with Gasteiger partial charge in [0.1, 0.15) is 18.9 Å². The van der Waals surface area contributed by atoms with E-state index in [0.29, 0.717) is 18.3 Å². The monoisotopic (exact) mass is 247 g/mol. The molecule has 0 radical (unpaired) electrons. The number of ether oxygens (including phenoxy) is 3. The maximum Gasteiger partial charge on any atom is 0.231 e. The molecule has 0 saturated carbocycles. The summed E-state index contributed by atoms with van der Waals surface area (Å²) in [5.41, 5.74) is 1.89. The van der Waals surface area contributed by atoms with Crippen LogP contribution < -0.4 is 9.47 Å². The third kappa shape index (κ3) is 1.72. The van der Waals surface area contributed by atoms with Crippen LogP contribution in [0, 0.1) is 0 Å². The van der Waals surface area contributed by atoms with Gasteiger partial charge < -0.3 is 19.0 Å². The Bertz CT molecular complexity index is 524. The number of nitrogens with zero attached hydrogens (tertiary/aromatic N) is 1. The van der Waals surface area contributed by atoms with E-state index in [1.165, 1.54) is 0 Å². The van der Waals surface area contributed by atoms with E-state index in [2.05, 4.69) is 4.99 Å². The number of carbonyl (C=O) groups is 1. The lowest BCUT2D eigenvalue weighted by molar-refractivity contribution is -0.109. The minimum absolute atomic E-state index is 0.246. The van der Waals surface area contributed by atoms with Gasteiger partial charge in [-0.25, -0.2) is 4.99 Å². The molecular formula is C13H13NO4. The van der Waals surface area contributed by atoms with E-state index in [1.807, 2.05) is 19.1 Å². The molecule has 0 N–H and O–H groups in total. The van der Waals surface area contributed by atoms with Gasteiger partial charge in [0, 0.05) is 5.56 Å². The second-order valence-corrected chi connectivity index (χ2v) is 4.17. The third-order valence-corrected chi connectivity index (χ3v) is 3.01. The summed E-state index contributed by atoms with van der Waals surface area (Å²) in [6.45, 7) is 2.61. The quantitative estimate of drug-likeness (QED) is 0.756. The minimum atomic E-state index is -0.393. The summed E-state index contributed by atoms with van der Waals surface area (Å²) in [5, 5.41) is 0. The molecule has 0 amide bonds. The molecule has 94 valence electrons. The second-order valence-electron chi connectivity index (χ2n) is 4.17. The minimum Gasteiger partial charge on any atom is -0.475 e. The fourth-order valence-corrected chi connectivity index (χ4v) is 2.09. The van der Waals surface area contributed by atoms with Crippen molar-refractivity contribution in [3.05, 3.63) is 23.3 Å². The zero-order valence-corrected chi connectivity index (χ0v) is 10.0. The first-order chi connectivity index (χ1) is 8.81. The van der Waals surface area contributed by atoms with Crippen LogP contribution in [0.1, 0.15) is 18.1 Å². The smallest absolute Gasteiger partial charge is 0.231 e. The van der Waals surface area contributed by atoms with Crippen molar-refractivity contribution in [1.82, 2.24) is 0 Å². The number of hydrogen-bond donors (Lipinski definition) is 0. The number of hydrogen-bond acceptors (Lipinski definition) is 5. The van der Waals surface area contributed by atoms with Crippen molar-refractivity contribution in [2.45, 2.75) is 19.4 Å². The Balaban J connectivity index is 2.01. The highest BCUT2D eigenvalue weighted by molar-refractivity contribution is 5.97. The molecule has 1 aromatic carbocycles. The van der Waals surface area contributed by atoms with Crippen LogP contribution in [0.25, 0.3) is 0 Å². The Morgan fingerprint density at radius 2 is 2.28 bits per heavy atom. The Morgan fingerprint density at radius 3 is 3.00 bits per heavy atom. The van der Waals surface area contributed by atoms with Crippen molar-refractivity contribution in [1.29, 1.82) is 0 Å². The van der Waals surface area contributed by atoms with Crippen molar-refractivity contribution in [2.24, 2.45) is 4.99 Å². The van der Waals surface area contributed by atoms with Gasteiger partial charge in [-0.05, 0) is 24.1 Å². The number of rotatable bonds is 3. The van der Waals surface area contributed by atoms with Crippen molar-refractivity contribution in [3.8, 4) is 11.5 Å². The highest BCUT2D eigenvalue weighted by Gasteiger charge is 2.24. The molecule has 0 fully saturated rings. The number of aldehydes is 1. The van der Waals surface area contributed by atoms with Crippen LogP contribution in [0.15, 0.2) is 17.1 Å². The molecule has 18 heavy (non-hydrogen) atoms. The largest absolute Gasteiger partial charge is 0.475 e. The first-order valence-electron chi connectivity index (χ1n) is 5.90. The second kappa shape index (κ2) is 4.33. The summed E-state index contributed by atoms with van der Waals surface area (Å²) in [7, 11) is 0. The van der Waals surface area contributed by atoms with Crippen LogP contribution in [0.5, 0.6) is 11.5 Å². The maximum atomic E-state index is 10.7. The predicted octanol–water partition coefficient (Wildman–Crippen LogP) is 1.32. The summed E-state index contributed by atoms with van der Waals surface area (Å²) < 4.78 is 16.2. The first kappa shape index (κ1) is 11.1. The lowest BCUT2D eigenvalue weighted by Crippen LogP contribution is -2.06. The Hall–Kier alpha value is -2.04. The lowest BCUT2D eigenvalue weighted by atomic mass is 10.1. The molecule has 0 aliphatic carbocycles. The topological polar surface area (TPSA) is 57.1 Å². The highest BCUT2D eigenvalue weighted by atomic mass is 16.7. The van der Waals surface area contributed by atoms with Gasteiger partial charge >= 0.3 is 0 Å². The SMILES string of the molecule is CCc1cc(C2=NC(C=O)CO2)cc2c1OCO2. The van der Waals surface area contributed by atoms with E-state index >= 15 is 0 Å². The number of aliphatic imine (C=N–C) groups is 1. The van der Waals surface area contributed by atoms with Gasteiger partial charge in [-0.2, -0.15) is 0 Å². The highest BCUT2D eigenvalue weighted by Crippen LogP contribution is 2.37.